The van der Waals surface area contributed by atoms with Crippen LogP contribution in [0.15, 0.2) is 5.11 Å². The van der Waals surface area contributed by atoms with Crippen LogP contribution in [-0.2, 0) is 0 Å². The second-order valence-corrected chi connectivity index (χ2v) is 1.15. The molecule has 8 heavy (non-hydrogen) atoms. The molecule has 0 saturated heterocycles. The summed E-state index contributed by atoms with van der Waals surface area (Å²) in [5.41, 5.74) is 12.7. The van der Waals surface area contributed by atoms with Crippen molar-refractivity contribution in [3.8, 4) is 6.07 Å². The van der Waals surface area contributed by atoms with Crippen molar-refractivity contribution in [2.24, 2.45) is 10.8 Å². The fraction of sp³-hybridized carbons (Fsp3) is 0.667. The van der Waals surface area contributed by atoms with Gasteiger partial charge in [-0.2, -0.15) is 5.26 Å². The summed E-state index contributed by atoms with van der Waals surface area (Å²) in [5.74, 6) is 0. The van der Waals surface area contributed by atoms with Gasteiger partial charge < -0.3 is 5.73 Å². The smallest absolute Gasteiger partial charge is 0.0984 e. The monoisotopic (exact) mass is 111 g/mol. The molecule has 0 rings (SSSR count). The van der Waals surface area contributed by atoms with Gasteiger partial charge in [0, 0.05) is 4.91 Å². The molecular formula is C3H5N5. The van der Waals surface area contributed by atoms with Gasteiger partial charge in [0.1, 0.15) is 0 Å². The second kappa shape index (κ2) is 3.93. The molecule has 5 heteroatoms. The molecule has 42 valence electrons. The van der Waals surface area contributed by atoms with Gasteiger partial charge in [0.25, 0.3) is 0 Å². The number of rotatable bonds is 2. The molecule has 0 bridgehead atoms. The highest BCUT2D eigenvalue weighted by Gasteiger charge is 1.92. The zero-order valence-corrected chi connectivity index (χ0v) is 4.15. The third-order valence-electron chi connectivity index (χ3n) is 0.507. The standard InChI is InChI=1S/C3H5N5/c4-1-3(5)2-7-8-6/h3H,2,5H2. The summed E-state index contributed by atoms with van der Waals surface area (Å²) < 4.78 is 0. The Bertz CT molecular complexity index is 138. The van der Waals surface area contributed by atoms with Crippen LogP contribution in [0.25, 0.3) is 10.4 Å². The van der Waals surface area contributed by atoms with Gasteiger partial charge >= 0.3 is 0 Å². The van der Waals surface area contributed by atoms with E-state index in [0.717, 1.165) is 0 Å². The van der Waals surface area contributed by atoms with Crippen molar-refractivity contribution in [3.05, 3.63) is 10.4 Å². The number of hydrogen-bond acceptors (Lipinski definition) is 3. The molecule has 0 aliphatic rings. The number of nitrogens with two attached hydrogens (primary N) is 1. The lowest BCUT2D eigenvalue weighted by molar-refractivity contribution is 0.830. The topological polar surface area (TPSA) is 98.6 Å². The van der Waals surface area contributed by atoms with E-state index in [0.29, 0.717) is 0 Å². The first-order valence-electron chi connectivity index (χ1n) is 1.97. The fourth-order valence-corrected chi connectivity index (χ4v) is 0.165. The summed E-state index contributed by atoms with van der Waals surface area (Å²) in [6.07, 6.45) is 0. The lowest BCUT2D eigenvalue weighted by Gasteiger charge is -1.89. The van der Waals surface area contributed by atoms with E-state index < -0.39 is 6.04 Å². The first-order valence-corrected chi connectivity index (χ1v) is 1.97. The normalized spacial score (nSPS) is 11.0. The van der Waals surface area contributed by atoms with E-state index in [4.69, 9.17) is 16.5 Å². The first-order chi connectivity index (χ1) is 3.81. The average molecular weight is 111 g/mol. The minimum atomic E-state index is -0.661. The van der Waals surface area contributed by atoms with E-state index >= 15 is 0 Å². The van der Waals surface area contributed by atoms with E-state index in [1.807, 2.05) is 0 Å². The van der Waals surface area contributed by atoms with Gasteiger partial charge in [0.05, 0.1) is 18.7 Å². The highest BCUT2D eigenvalue weighted by Crippen LogP contribution is 1.75. The van der Waals surface area contributed by atoms with E-state index in [2.05, 4.69) is 10.0 Å². The van der Waals surface area contributed by atoms with Crippen molar-refractivity contribution in [2.75, 3.05) is 6.54 Å². The van der Waals surface area contributed by atoms with Crippen molar-refractivity contribution < 1.29 is 0 Å². The summed E-state index contributed by atoms with van der Waals surface area (Å²) in [6, 6.07) is 1.05. The summed E-state index contributed by atoms with van der Waals surface area (Å²) in [5, 5.41) is 11.1. The Hall–Kier alpha value is -1.24. The van der Waals surface area contributed by atoms with Crippen molar-refractivity contribution in [1.29, 1.82) is 5.26 Å². The molecule has 5 nitrogen and oxygen atoms in total. The molecular weight excluding hydrogens is 106 g/mol. The zero-order chi connectivity index (χ0) is 6.41. The molecule has 0 aromatic heterocycles. The predicted molar refractivity (Wildman–Crippen MR) is 27.6 cm³/mol. The van der Waals surface area contributed by atoms with Crippen molar-refractivity contribution in [3.63, 3.8) is 0 Å². The number of nitrogens with zero attached hydrogens (tertiary/aromatic N) is 4. The van der Waals surface area contributed by atoms with E-state index in [-0.39, 0.29) is 6.54 Å². The van der Waals surface area contributed by atoms with Gasteiger partial charge in [-0.15, -0.1) is 0 Å². The molecule has 2 N–H and O–H groups in total. The van der Waals surface area contributed by atoms with Crippen LogP contribution in [0.1, 0.15) is 0 Å². The quantitative estimate of drug-likeness (QED) is 0.311. The minimum absolute atomic E-state index is 0.0486. The van der Waals surface area contributed by atoms with Crippen molar-refractivity contribution >= 4 is 0 Å². The third-order valence-corrected chi connectivity index (χ3v) is 0.507. The van der Waals surface area contributed by atoms with E-state index in [9.17, 15) is 0 Å². The molecule has 0 aromatic rings. The average Bonchev–Trinajstić information content (AvgIpc) is 1.83. The van der Waals surface area contributed by atoms with Gasteiger partial charge in [-0.05, 0) is 5.53 Å². The maximum Gasteiger partial charge on any atom is 0.0984 e. The molecule has 0 aliphatic heterocycles. The Kier molecular flexibility index (Phi) is 3.32. The summed E-state index contributed by atoms with van der Waals surface area (Å²) in [6.45, 7) is 0.0486. The highest BCUT2D eigenvalue weighted by atomic mass is 15.1. The van der Waals surface area contributed by atoms with Gasteiger partial charge in [0.2, 0.25) is 0 Å². The van der Waals surface area contributed by atoms with Crippen LogP contribution in [0.5, 0.6) is 0 Å². The van der Waals surface area contributed by atoms with Crippen LogP contribution in [-0.4, -0.2) is 12.6 Å². The fourth-order valence-electron chi connectivity index (χ4n) is 0.165. The predicted octanol–water partition coefficient (Wildman–Crippen LogP) is 0.148. The Balaban J connectivity index is 3.43. The summed E-state index contributed by atoms with van der Waals surface area (Å²) in [4.78, 5) is 2.42. The van der Waals surface area contributed by atoms with E-state index in [1.165, 1.54) is 0 Å². The van der Waals surface area contributed by atoms with Crippen LogP contribution in [0.3, 0.4) is 0 Å². The van der Waals surface area contributed by atoms with Crippen molar-refractivity contribution in [2.45, 2.75) is 6.04 Å². The Morgan fingerprint density at radius 1 is 2.00 bits per heavy atom. The molecule has 0 amide bonds. The molecule has 1 atom stereocenters. The molecule has 0 radical (unpaired) electrons. The Morgan fingerprint density at radius 2 is 2.62 bits per heavy atom. The van der Waals surface area contributed by atoms with Crippen LogP contribution in [0.4, 0.5) is 0 Å². The second-order valence-electron chi connectivity index (χ2n) is 1.15. The lowest BCUT2D eigenvalue weighted by atomic mass is 10.4. The van der Waals surface area contributed by atoms with Crippen LogP contribution < -0.4 is 5.73 Å². The number of azide groups is 1. The van der Waals surface area contributed by atoms with Gasteiger partial charge in [0.15, 0.2) is 0 Å². The first kappa shape index (κ1) is 6.76. The summed E-state index contributed by atoms with van der Waals surface area (Å²) >= 11 is 0. The maximum atomic E-state index is 8.00. The largest absolute Gasteiger partial charge is 0.316 e. The highest BCUT2D eigenvalue weighted by molar-refractivity contribution is 4.87. The molecule has 0 heterocycles. The lowest BCUT2D eigenvalue weighted by Crippen LogP contribution is -2.20. The van der Waals surface area contributed by atoms with Crippen LogP contribution >= 0.6 is 0 Å². The minimum Gasteiger partial charge on any atom is -0.316 e. The zero-order valence-electron chi connectivity index (χ0n) is 4.15. The number of hydrogen-bond donors (Lipinski definition) is 1. The van der Waals surface area contributed by atoms with Crippen molar-refractivity contribution in [1.82, 2.24) is 0 Å². The molecule has 0 fully saturated rings. The van der Waals surface area contributed by atoms with Crippen LogP contribution in [0.2, 0.25) is 0 Å². The Morgan fingerprint density at radius 3 is 3.00 bits per heavy atom. The molecule has 0 spiro atoms. The van der Waals surface area contributed by atoms with E-state index in [1.54, 1.807) is 6.07 Å². The summed E-state index contributed by atoms with van der Waals surface area (Å²) in [7, 11) is 0. The molecule has 1 unspecified atom stereocenters. The molecule has 0 aliphatic carbocycles. The Labute approximate surface area is 46.3 Å². The number of nitriles is 1. The molecule has 0 saturated carbocycles. The third kappa shape index (κ3) is 2.97. The maximum absolute atomic E-state index is 8.00. The van der Waals surface area contributed by atoms with Gasteiger partial charge in [-0.1, -0.05) is 5.11 Å². The molecule has 0 aromatic carbocycles. The van der Waals surface area contributed by atoms with Gasteiger partial charge in [-0.25, -0.2) is 0 Å². The SMILES string of the molecule is N#CC(N)CN=[N+]=[N-]. The van der Waals surface area contributed by atoms with Crippen LogP contribution in [0, 0.1) is 11.3 Å². The van der Waals surface area contributed by atoms with Gasteiger partial charge in [-0.3, -0.25) is 0 Å².